The Balaban J connectivity index is 2.34. The van der Waals surface area contributed by atoms with Crippen LogP contribution in [0, 0.1) is 4.77 Å². The summed E-state index contributed by atoms with van der Waals surface area (Å²) in [6, 6.07) is 8.09. The third-order valence-electron chi connectivity index (χ3n) is 2.55. The number of nitrogens with one attached hydrogen (secondary N) is 1. The van der Waals surface area contributed by atoms with E-state index in [9.17, 15) is 0 Å². The van der Waals surface area contributed by atoms with Crippen molar-refractivity contribution in [3.63, 3.8) is 0 Å². The molecule has 0 saturated carbocycles. The third kappa shape index (κ3) is 2.76. The number of halogens is 1. The van der Waals surface area contributed by atoms with Crippen molar-refractivity contribution >= 4 is 23.8 Å². The lowest BCUT2D eigenvalue weighted by atomic mass is 10.1. The Kier molecular flexibility index (Phi) is 3.64. The lowest BCUT2D eigenvalue weighted by Crippen LogP contribution is -2.07. The summed E-state index contributed by atoms with van der Waals surface area (Å²) in [5.74, 6) is 0.937. The summed E-state index contributed by atoms with van der Waals surface area (Å²) < 4.78 is 2.69. The van der Waals surface area contributed by atoms with E-state index in [0.717, 1.165) is 22.8 Å². The van der Waals surface area contributed by atoms with Gasteiger partial charge < -0.3 is 4.57 Å². The largest absolute Gasteiger partial charge is 0.301 e. The minimum atomic E-state index is 0.301. The topological polar surface area (TPSA) is 33.6 Å². The molecule has 0 radical (unpaired) electrons. The molecule has 17 heavy (non-hydrogen) atoms. The van der Waals surface area contributed by atoms with Gasteiger partial charge in [-0.15, -0.1) is 0 Å². The van der Waals surface area contributed by atoms with Crippen molar-refractivity contribution in [2.75, 3.05) is 0 Å². The number of aromatic amines is 1. The fourth-order valence-corrected chi connectivity index (χ4v) is 2.40. The molecule has 2 aromatic rings. The van der Waals surface area contributed by atoms with Gasteiger partial charge in [0.15, 0.2) is 4.77 Å². The Morgan fingerprint density at radius 2 is 2.24 bits per heavy atom. The van der Waals surface area contributed by atoms with E-state index in [-0.39, 0.29) is 0 Å². The molecule has 0 aliphatic carbocycles. The zero-order valence-corrected chi connectivity index (χ0v) is 11.3. The lowest BCUT2D eigenvalue weighted by Gasteiger charge is -2.10. The second-order valence-corrected chi connectivity index (χ2v) is 5.04. The number of aromatic nitrogens is 3. The number of H-pyrrole nitrogens is 1. The molecule has 0 atom stereocenters. The molecular formula is C12H14ClN3S. The monoisotopic (exact) mass is 267 g/mol. The van der Waals surface area contributed by atoms with Crippen LogP contribution in [0.3, 0.4) is 0 Å². The zero-order valence-electron chi connectivity index (χ0n) is 9.77. The molecule has 1 aromatic carbocycles. The Morgan fingerprint density at radius 1 is 1.47 bits per heavy atom. The number of rotatable bonds is 3. The molecule has 0 fully saturated rings. The fraction of sp³-hybridized carbons (Fsp3) is 0.333. The smallest absolute Gasteiger partial charge is 0.195 e. The van der Waals surface area contributed by atoms with Crippen molar-refractivity contribution in [3.05, 3.63) is 45.4 Å². The predicted molar refractivity (Wildman–Crippen MR) is 72.1 cm³/mol. The lowest BCUT2D eigenvalue weighted by molar-refractivity contribution is 0.567. The maximum absolute atomic E-state index is 5.96. The molecule has 1 heterocycles. The first kappa shape index (κ1) is 12.3. The van der Waals surface area contributed by atoms with Crippen molar-refractivity contribution in [2.24, 2.45) is 0 Å². The van der Waals surface area contributed by atoms with E-state index in [2.05, 4.69) is 24.0 Å². The van der Waals surface area contributed by atoms with Gasteiger partial charge in [0, 0.05) is 17.5 Å². The second kappa shape index (κ2) is 5.02. The van der Waals surface area contributed by atoms with Gasteiger partial charge in [0.05, 0.1) is 0 Å². The first-order valence-electron chi connectivity index (χ1n) is 5.48. The third-order valence-corrected chi connectivity index (χ3v) is 3.07. The van der Waals surface area contributed by atoms with Gasteiger partial charge in [-0.3, -0.25) is 5.10 Å². The maximum Gasteiger partial charge on any atom is 0.195 e. The van der Waals surface area contributed by atoms with Gasteiger partial charge in [-0.1, -0.05) is 23.7 Å². The molecular weight excluding hydrogens is 254 g/mol. The highest BCUT2D eigenvalue weighted by atomic mass is 35.5. The van der Waals surface area contributed by atoms with Gasteiger partial charge in [0.1, 0.15) is 5.82 Å². The first-order valence-corrected chi connectivity index (χ1v) is 6.27. The molecule has 0 aliphatic heterocycles. The quantitative estimate of drug-likeness (QED) is 0.859. The van der Waals surface area contributed by atoms with Crippen LogP contribution in [0.4, 0.5) is 0 Å². The van der Waals surface area contributed by atoms with Gasteiger partial charge >= 0.3 is 0 Å². The summed E-state index contributed by atoms with van der Waals surface area (Å²) in [6.07, 6.45) is 0.728. The van der Waals surface area contributed by atoms with Gasteiger partial charge in [-0.2, -0.15) is 5.10 Å². The van der Waals surface area contributed by atoms with Gasteiger partial charge in [0.2, 0.25) is 0 Å². The molecule has 5 heteroatoms. The number of hydrogen-bond acceptors (Lipinski definition) is 2. The molecule has 90 valence electrons. The highest BCUT2D eigenvalue weighted by Gasteiger charge is 2.09. The van der Waals surface area contributed by atoms with Crippen molar-refractivity contribution in [1.29, 1.82) is 0 Å². The van der Waals surface area contributed by atoms with Crippen LogP contribution in [0.25, 0.3) is 0 Å². The second-order valence-electron chi connectivity index (χ2n) is 4.22. The fourth-order valence-electron chi connectivity index (χ4n) is 1.82. The Bertz CT molecular complexity index is 571. The number of benzene rings is 1. The standard InChI is InChI=1S/C12H14ClN3S/c1-8(2)16-11(14-15-12(16)17)7-9-4-3-5-10(13)6-9/h3-6,8H,7H2,1-2H3,(H,15,17). The minimum absolute atomic E-state index is 0.301. The van der Waals surface area contributed by atoms with Crippen LogP contribution >= 0.6 is 23.8 Å². The van der Waals surface area contributed by atoms with Crippen LogP contribution in [0.15, 0.2) is 24.3 Å². The number of nitrogens with zero attached hydrogens (tertiary/aromatic N) is 2. The van der Waals surface area contributed by atoms with Gasteiger partial charge in [-0.05, 0) is 43.8 Å². The molecule has 0 spiro atoms. The van der Waals surface area contributed by atoms with E-state index in [0.29, 0.717) is 10.8 Å². The summed E-state index contributed by atoms with van der Waals surface area (Å²) in [4.78, 5) is 0. The Morgan fingerprint density at radius 3 is 2.88 bits per heavy atom. The highest BCUT2D eigenvalue weighted by Crippen LogP contribution is 2.16. The van der Waals surface area contributed by atoms with E-state index in [4.69, 9.17) is 23.8 Å². The summed E-state index contributed by atoms with van der Waals surface area (Å²) in [5, 5.41) is 7.84. The van der Waals surface area contributed by atoms with Crippen molar-refractivity contribution in [3.8, 4) is 0 Å². The Labute approximate surface area is 110 Å². The van der Waals surface area contributed by atoms with Gasteiger partial charge in [-0.25, -0.2) is 0 Å². The molecule has 3 nitrogen and oxygen atoms in total. The van der Waals surface area contributed by atoms with E-state index in [1.54, 1.807) is 0 Å². The average molecular weight is 268 g/mol. The Hall–Kier alpha value is -1.13. The normalized spacial score (nSPS) is 11.1. The highest BCUT2D eigenvalue weighted by molar-refractivity contribution is 7.71. The summed E-state index contributed by atoms with van der Waals surface area (Å²) in [5.41, 5.74) is 1.13. The summed E-state index contributed by atoms with van der Waals surface area (Å²) in [6.45, 7) is 4.18. The molecule has 1 N–H and O–H groups in total. The van der Waals surface area contributed by atoms with E-state index >= 15 is 0 Å². The van der Waals surface area contributed by atoms with E-state index in [1.165, 1.54) is 0 Å². The van der Waals surface area contributed by atoms with Crippen LogP contribution in [0.2, 0.25) is 5.02 Å². The first-order chi connectivity index (χ1) is 8.08. The maximum atomic E-state index is 5.96. The average Bonchev–Trinajstić information content (AvgIpc) is 2.59. The number of hydrogen-bond donors (Lipinski definition) is 1. The van der Waals surface area contributed by atoms with Crippen LogP contribution in [-0.4, -0.2) is 14.8 Å². The molecule has 0 amide bonds. The molecule has 0 saturated heterocycles. The molecule has 0 bridgehead atoms. The van der Waals surface area contributed by atoms with Crippen LogP contribution in [-0.2, 0) is 6.42 Å². The minimum Gasteiger partial charge on any atom is -0.301 e. The summed E-state index contributed by atoms with van der Waals surface area (Å²) >= 11 is 11.2. The van der Waals surface area contributed by atoms with Crippen LogP contribution in [0.5, 0.6) is 0 Å². The predicted octanol–water partition coefficient (Wildman–Crippen LogP) is 3.77. The van der Waals surface area contributed by atoms with Crippen molar-refractivity contribution in [1.82, 2.24) is 14.8 Å². The molecule has 0 aliphatic rings. The summed E-state index contributed by atoms with van der Waals surface area (Å²) in [7, 11) is 0. The van der Waals surface area contributed by atoms with Crippen LogP contribution in [0.1, 0.15) is 31.3 Å². The molecule has 2 rings (SSSR count). The van der Waals surface area contributed by atoms with Crippen LogP contribution < -0.4 is 0 Å². The van der Waals surface area contributed by atoms with E-state index < -0.39 is 0 Å². The molecule has 1 aromatic heterocycles. The molecule has 0 unspecified atom stereocenters. The van der Waals surface area contributed by atoms with E-state index in [1.807, 2.05) is 28.8 Å². The van der Waals surface area contributed by atoms with Crippen molar-refractivity contribution < 1.29 is 0 Å². The van der Waals surface area contributed by atoms with Gasteiger partial charge in [0.25, 0.3) is 0 Å². The SMILES string of the molecule is CC(C)n1c(Cc2cccc(Cl)c2)n[nH]c1=S. The van der Waals surface area contributed by atoms with Crippen molar-refractivity contribution in [2.45, 2.75) is 26.3 Å². The zero-order chi connectivity index (χ0) is 12.4.